The molecule has 0 atom stereocenters. The lowest BCUT2D eigenvalue weighted by Gasteiger charge is -2.27. The van der Waals surface area contributed by atoms with Crippen molar-refractivity contribution in [3.05, 3.63) is 27.7 Å². The van der Waals surface area contributed by atoms with Crippen LogP contribution in [-0.2, 0) is 10.0 Å². The van der Waals surface area contributed by atoms with Gasteiger partial charge in [-0.3, -0.25) is 0 Å². The van der Waals surface area contributed by atoms with Gasteiger partial charge in [0.15, 0.2) is 0 Å². The summed E-state index contributed by atoms with van der Waals surface area (Å²) in [4.78, 5) is 2.53. The molecule has 0 unspecified atom stereocenters. The van der Waals surface area contributed by atoms with Gasteiger partial charge in [-0.1, -0.05) is 11.6 Å². The second kappa shape index (κ2) is 11.1. The fraction of sp³-hybridized carbons (Fsp3) is 0.538. The predicted octanol–water partition coefficient (Wildman–Crippen LogP) is 2.52. The second-order valence-electron chi connectivity index (χ2n) is 4.92. The van der Waals surface area contributed by atoms with E-state index < -0.39 is 10.0 Å². The second-order valence-corrected chi connectivity index (χ2v) is 7.95. The molecule has 10 heteroatoms. The highest BCUT2D eigenvalue weighted by Crippen LogP contribution is 2.25. The zero-order valence-corrected chi connectivity index (χ0v) is 17.2. The van der Waals surface area contributed by atoms with Crippen molar-refractivity contribution >= 4 is 62.4 Å². The summed E-state index contributed by atoms with van der Waals surface area (Å²) in [6.45, 7) is 5.39. The minimum Gasteiger partial charge on any atom is -0.314 e. The van der Waals surface area contributed by atoms with Crippen molar-refractivity contribution in [1.82, 2.24) is 14.9 Å². The van der Waals surface area contributed by atoms with Gasteiger partial charge in [0.05, 0.1) is 9.92 Å². The first kappa shape index (κ1) is 23.4. The molecule has 1 aliphatic rings. The summed E-state index contributed by atoms with van der Waals surface area (Å²) in [5.41, 5.74) is 0. The van der Waals surface area contributed by atoms with Crippen molar-refractivity contribution in [3.8, 4) is 0 Å². The molecular formula is C13H21BrCl3N3O2S. The van der Waals surface area contributed by atoms with E-state index >= 15 is 0 Å². The third-order valence-electron chi connectivity index (χ3n) is 3.35. The number of halogens is 4. The molecule has 0 aliphatic carbocycles. The quantitative estimate of drug-likeness (QED) is 0.629. The Balaban J connectivity index is 0.00000242. The Hall–Kier alpha value is 0.400. The maximum Gasteiger partial charge on any atom is 0.240 e. The zero-order valence-electron chi connectivity index (χ0n) is 12.4. The van der Waals surface area contributed by atoms with E-state index in [2.05, 4.69) is 30.9 Å². The number of nitrogens with one attached hydrogen (secondary N) is 2. The summed E-state index contributed by atoms with van der Waals surface area (Å²) in [5.74, 6) is 0. The van der Waals surface area contributed by atoms with Gasteiger partial charge in [0.1, 0.15) is 0 Å². The topological polar surface area (TPSA) is 61.4 Å². The van der Waals surface area contributed by atoms with Crippen molar-refractivity contribution in [2.45, 2.75) is 11.3 Å². The maximum atomic E-state index is 12.1. The van der Waals surface area contributed by atoms with Gasteiger partial charge in [0.2, 0.25) is 10.0 Å². The van der Waals surface area contributed by atoms with E-state index in [1.165, 1.54) is 12.1 Å². The molecule has 23 heavy (non-hydrogen) atoms. The Labute approximate surface area is 163 Å². The van der Waals surface area contributed by atoms with Crippen LogP contribution >= 0.6 is 52.3 Å². The minimum absolute atomic E-state index is 0. The summed E-state index contributed by atoms with van der Waals surface area (Å²) in [5, 5.41) is 3.68. The van der Waals surface area contributed by atoms with Crippen LogP contribution < -0.4 is 10.0 Å². The molecule has 1 aliphatic heterocycles. The molecule has 5 nitrogen and oxygen atoms in total. The molecule has 0 spiro atoms. The van der Waals surface area contributed by atoms with Crippen molar-refractivity contribution in [1.29, 1.82) is 0 Å². The Kier molecular flexibility index (Phi) is 11.3. The molecule has 0 bridgehead atoms. The lowest BCUT2D eigenvalue weighted by molar-refractivity contribution is 0.239. The molecule has 134 valence electrons. The fourth-order valence-corrected chi connectivity index (χ4v) is 3.76. The lowest BCUT2D eigenvalue weighted by Crippen LogP contribution is -2.44. The summed E-state index contributed by atoms with van der Waals surface area (Å²) in [6, 6.07) is 4.62. The predicted molar refractivity (Wildman–Crippen MR) is 103 cm³/mol. The van der Waals surface area contributed by atoms with Crippen LogP contribution in [-0.4, -0.2) is 52.6 Å². The van der Waals surface area contributed by atoms with E-state index in [4.69, 9.17) is 11.6 Å². The molecule has 2 rings (SSSR count). The lowest BCUT2D eigenvalue weighted by atomic mass is 10.3. The average Bonchev–Trinajstić information content (AvgIpc) is 2.47. The number of sulfonamides is 1. The van der Waals surface area contributed by atoms with Gasteiger partial charge in [0.25, 0.3) is 0 Å². The fourth-order valence-electron chi connectivity index (χ4n) is 2.17. The largest absolute Gasteiger partial charge is 0.314 e. The van der Waals surface area contributed by atoms with Crippen molar-refractivity contribution in [2.75, 3.05) is 39.3 Å². The SMILES string of the molecule is Cl.Cl.O=S(=O)(NCCCN1CCNCC1)c1ccc(Br)c(Cl)c1. The van der Waals surface area contributed by atoms with Gasteiger partial charge in [-0.15, -0.1) is 24.8 Å². The van der Waals surface area contributed by atoms with Gasteiger partial charge in [-0.05, 0) is 47.1 Å². The van der Waals surface area contributed by atoms with Crippen molar-refractivity contribution in [2.24, 2.45) is 0 Å². The van der Waals surface area contributed by atoms with E-state index in [0.29, 0.717) is 16.0 Å². The van der Waals surface area contributed by atoms with E-state index in [1.807, 2.05) is 0 Å². The van der Waals surface area contributed by atoms with E-state index in [9.17, 15) is 8.42 Å². The van der Waals surface area contributed by atoms with Gasteiger partial charge in [-0.2, -0.15) is 0 Å². The Morgan fingerprint density at radius 3 is 2.52 bits per heavy atom. The molecule has 1 aromatic carbocycles. The van der Waals surface area contributed by atoms with Crippen LogP contribution in [0.2, 0.25) is 5.02 Å². The zero-order chi connectivity index (χ0) is 15.3. The van der Waals surface area contributed by atoms with Crippen LogP contribution in [0, 0.1) is 0 Å². The molecule has 2 N–H and O–H groups in total. The molecule has 1 saturated heterocycles. The Morgan fingerprint density at radius 1 is 1.26 bits per heavy atom. The van der Waals surface area contributed by atoms with Crippen LogP contribution in [0.3, 0.4) is 0 Å². The van der Waals surface area contributed by atoms with Gasteiger partial charge < -0.3 is 10.2 Å². The Morgan fingerprint density at radius 2 is 1.91 bits per heavy atom. The first-order valence-electron chi connectivity index (χ1n) is 6.87. The molecule has 0 aromatic heterocycles. The number of hydrogen-bond acceptors (Lipinski definition) is 4. The number of hydrogen-bond donors (Lipinski definition) is 2. The summed E-state index contributed by atoms with van der Waals surface area (Å²) in [7, 11) is -3.49. The van der Waals surface area contributed by atoms with Crippen LogP contribution in [0.25, 0.3) is 0 Å². The van der Waals surface area contributed by atoms with E-state index in [1.54, 1.807) is 6.07 Å². The standard InChI is InChI=1S/C13H19BrClN3O2S.2ClH/c14-12-3-2-11(10-13(12)15)21(19,20)17-4-1-7-18-8-5-16-6-9-18;;/h2-3,10,16-17H,1,4-9H2;2*1H. The molecular weight excluding hydrogens is 448 g/mol. The number of nitrogens with zero attached hydrogens (tertiary/aromatic N) is 1. The highest BCUT2D eigenvalue weighted by Gasteiger charge is 2.15. The normalized spacial score (nSPS) is 15.6. The van der Waals surface area contributed by atoms with E-state index in [0.717, 1.165) is 39.1 Å². The summed E-state index contributed by atoms with van der Waals surface area (Å²) >= 11 is 9.18. The Bertz CT molecular complexity index is 584. The smallest absolute Gasteiger partial charge is 0.240 e. The van der Waals surface area contributed by atoms with Gasteiger partial charge in [0, 0.05) is 37.2 Å². The average molecular weight is 470 g/mol. The highest BCUT2D eigenvalue weighted by molar-refractivity contribution is 9.10. The molecule has 1 aromatic rings. The van der Waals surface area contributed by atoms with Gasteiger partial charge in [-0.25, -0.2) is 13.1 Å². The molecule has 0 saturated carbocycles. The third-order valence-corrected chi connectivity index (χ3v) is 6.05. The molecule has 1 fully saturated rings. The third kappa shape index (κ3) is 7.44. The van der Waals surface area contributed by atoms with E-state index in [-0.39, 0.29) is 29.7 Å². The van der Waals surface area contributed by atoms with Gasteiger partial charge >= 0.3 is 0 Å². The van der Waals surface area contributed by atoms with Crippen LogP contribution in [0.1, 0.15) is 6.42 Å². The van der Waals surface area contributed by atoms with Crippen molar-refractivity contribution < 1.29 is 8.42 Å². The maximum absolute atomic E-state index is 12.1. The first-order valence-corrected chi connectivity index (χ1v) is 9.52. The number of rotatable bonds is 6. The van der Waals surface area contributed by atoms with Crippen LogP contribution in [0.5, 0.6) is 0 Å². The summed E-state index contributed by atoms with van der Waals surface area (Å²) in [6.07, 6.45) is 0.795. The number of piperazine rings is 1. The molecule has 0 amide bonds. The van der Waals surface area contributed by atoms with Crippen molar-refractivity contribution in [3.63, 3.8) is 0 Å². The first-order chi connectivity index (χ1) is 9.99. The molecule has 0 radical (unpaired) electrons. The summed E-state index contributed by atoms with van der Waals surface area (Å²) < 4.78 is 27.6. The minimum atomic E-state index is -3.49. The number of benzene rings is 1. The highest BCUT2D eigenvalue weighted by atomic mass is 79.9. The van der Waals surface area contributed by atoms with Crippen LogP contribution in [0.15, 0.2) is 27.6 Å². The monoisotopic (exact) mass is 467 g/mol. The molecule has 1 heterocycles. The van der Waals surface area contributed by atoms with Crippen LogP contribution in [0.4, 0.5) is 0 Å².